The van der Waals surface area contributed by atoms with Gasteiger partial charge in [-0.2, -0.15) is 23.4 Å². The number of fused-ring (bicyclic) bond motifs is 1. The number of ether oxygens (including phenoxy) is 1. The molecule has 0 saturated carbocycles. The molecule has 1 unspecified atom stereocenters. The summed E-state index contributed by atoms with van der Waals surface area (Å²) >= 11 is 0. The number of hydrogen-bond donors (Lipinski definition) is 1. The second-order valence-electron chi connectivity index (χ2n) is 8.51. The fourth-order valence-electron chi connectivity index (χ4n) is 4.14. The molecule has 194 valence electrons. The molecule has 0 spiro atoms. The third-order valence-electron chi connectivity index (χ3n) is 6.17. The van der Waals surface area contributed by atoms with Crippen LogP contribution in [0.5, 0.6) is 0 Å². The highest BCUT2D eigenvalue weighted by Gasteiger charge is 2.32. The van der Waals surface area contributed by atoms with Gasteiger partial charge in [0.1, 0.15) is 0 Å². The van der Waals surface area contributed by atoms with Gasteiger partial charge in [-0.1, -0.05) is 6.92 Å². The second-order valence-corrected chi connectivity index (χ2v) is 8.51. The molecule has 0 bridgehead atoms. The van der Waals surface area contributed by atoms with Crippen molar-refractivity contribution < 1.29 is 22.7 Å². The molecule has 1 atom stereocenters. The number of rotatable bonds is 8. The first-order valence-electron chi connectivity index (χ1n) is 11.6. The summed E-state index contributed by atoms with van der Waals surface area (Å²) in [5, 5.41) is 11.3. The number of nitrogens with one attached hydrogen (secondary N) is 1. The quantitative estimate of drug-likeness (QED) is 0.458. The Morgan fingerprint density at radius 2 is 1.86 bits per heavy atom. The van der Waals surface area contributed by atoms with Gasteiger partial charge in [-0.05, 0) is 13.3 Å². The number of halogens is 3. The van der Waals surface area contributed by atoms with Gasteiger partial charge >= 0.3 is 6.18 Å². The van der Waals surface area contributed by atoms with Crippen molar-refractivity contribution in [2.24, 2.45) is 0 Å². The minimum atomic E-state index is -4.48. The maximum atomic E-state index is 12.7. The van der Waals surface area contributed by atoms with E-state index >= 15 is 0 Å². The van der Waals surface area contributed by atoms with Crippen molar-refractivity contribution >= 4 is 22.8 Å². The Balaban J connectivity index is 1.24. The van der Waals surface area contributed by atoms with Crippen molar-refractivity contribution in [3.05, 3.63) is 40.2 Å². The molecule has 1 amide bonds. The molecule has 0 radical (unpaired) electrons. The highest BCUT2D eigenvalue weighted by Crippen LogP contribution is 2.28. The summed E-state index contributed by atoms with van der Waals surface area (Å²) in [6.45, 7) is 6.00. The number of nitrogens with zero attached hydrogens (tertiary/aromatic N) is 7. The van der Waals surface area contributed by atoms with E-state index in [1.54, 1.807) is 27.6 Å². The minimum absolute atomic E-state index is 0.0628. The van der Waals surface area contributed by atoms with E-state index in [4.69, 9.17) is 4.74 Å². The smallest absolute Gasteiger partial charge is 0.379 e. The summed E-state index contributed by atoms with van der Waals surface area (Å²) in [6.07, 6.45) is -0.466. The van der Waals surface area contributed by atoms with Gasteiger partial charge in [-0.25, -0.2) is 15.1 Å². The molecule has 4 heterocycles. The standard InChI is InChI=1S/C22H27F3N8O3/c1-3-16(33-17-12-28-29-20(35)19(17)14(2)30-33)13-36-9-4-18(34)31-5-7-32(8-6-31)21-26-10-15(11-27-21)22(23,24)25/h10-12,16H,3-9,13H2,1-2H3,(H,29,35). The maximum absolute atomic E-state index is 12.7. The van der Waals surface area contributed by atoms with Crippen LogP contribution in [-0.2, 0) is 15.7 Å². The second kappa shape index (κ2) is 10.6. The number of aryl methyl sites for hydroxylation is 1. The molecule has 1 saturated heterocycles. The maximum Gasteiger partial charge on any atom is 0.419 e. The van der Waals surface area contributed by atoms with Crippen LogP contribution in [0.2, 0.25) is 0 Å². The van der Waals surface area contributed by atoms with Crippen LogP contribution < -0.4 is 10.5 Å². The molecule has 3 aromatic heterocycles. The van der Waals surface area contributed by atoms with Gasteiger partial charge in [-0.15, -0.1) is 0 Å². The number of carbonyl (C=O) groups is 1. The highest BCUT2D eigenvalue weighted by molar-refractivity contribution is 5.79. The number of anilines is 1. The number of aromatic nitrogens is 6. The van der Waals surface area contributed by atoms with Crippen molar-refractivity contribution in [1.82, 2.24) is 34.8 Å². The SMILES string of the molecule is CCC(COCCC(=O)N1CCN(c2ncc(C(F)(F)F)cn2)CC1)n1nc(C)c2c(=O)[nH]ncc21. The summed E-state index contributed by atoms with van der Waals surface area (Å²) in [4.78, 5) is 35.7. The zero-order valence-electron chi connectivity index (χ0n) is 20.0. The number of H-pyrrole nitrogens is 1. The molecule has 11 nitrogen and oxygen atoms in total. The number of piperazine rings is 1. The molecular weight excluding hydrogens is 481 g/mol. The Kier molecular flexibility index (Phi) is 7.52. The Morgan fingerprint density at radius 1 is 1.17 bits per heavy atom. The molecule has 0 aromatic carbocycles. The van der Waals surface area contributed by atoms with E-state index in [1.807, 2.05) is 6.92 Å². The Hall–Kier alpha value is -3.55. The van der Waals surface area contributed by atoms with E-state index in [1.165, 1.54) is 0 Å². The molecule has 36 heavy (non-hydrogen) atoms. The lowest BCUT2D eigenvalue weighted by Crippen LogP contribution is -2.49. The molecule has 1 aliphatic heterocycles. The fraction of sp³-hybridized carbons (Fsp3) is 0.545. The molecule has 1 fully saturated rings. The van der Waals surface area contributed by atoms with E-state index in [0.29, 0.717) is 55.8 Å². The van der Waals surface area contributed by atoms with Gasteiger partial charge in [0.25, 0.3) is 5.56 Å². The Labute approximate surface area is 204 Å². The predicted octanol–water partition coefficient (Wildman–Crippen LogP) is 1.94. The van der Waals surface area contributed by atoms with Crippen LogP contribution in [0.15, 0.2) is 23.4 Å². The van der Waals surface area contributed by atoms with Gasteiger partial charge in [0, 0.05) is 38.6 Å². The van der Waals surface area contributed by atoms with Crippen molar-refractivity contribution in [3.63, 3.8) is 0 Å². The Morgan fingerprint density at radius 3 is 2.50 bits per heavy atom. The van der Waals surface area contributed by atoms with Crippen LogP contribution in [0.4, 0.5) is 19.1 Å². The monoisotopic (exact) mass is 508 g/mol. The zero-order chi connectivity index (χ0) is 25.9. The molecular formula is C22H27F3N8O3. The van der Waals surface area contributed by atoms with Gasteiger partial charge in [0.15, 0.2) is 0 Å². The molecule has 1 N–H and O–H groups in total. The minimum Gasteiger partial charge on any atom is -0.379 e. The third-order valence-corrected chi connectivity index (χ3v) is 6.17. The van der Waals surface area contributed by atoms with Crippen molar-refractivity contribution in [3.8, 4) is 0 Å². The lowest BCUT2D eigenvalue weighted by Gasteiger charge is -2.34. The summed E-state index contributed by atoms with van der Waals surface area (Å²) < 4.78 is 45.6. The van der Waals surface area contributed by atoms with Crippen LogP contribution in [0, 0.1) is 6.92 Å². The molecule has 1 aliphatic rings. The van der Waals surface area contributed by atoms with Crippen molar-refractivity contribution in [1.29, 1.82) is 0 Å². The van der Waals surface area contributed by atoms with Crippen LogP contribution >= 0.6 is 0 Å². The molecule has 14 heteroatoms. The topological polar surface area (TPSA) is 122 Å². The normalized spacial score (nSPS) is 15.5. The largest absolute Gasteiger partial charge is 0.419 e. The highest BCUT2D eigenvalue weighted by atomic mass is 19.4. The van der Waals surface area contributed by atoms with Crippen LogP contribution in [0.1, 0.15) is 37.1 Å². The third kappa shape index (κ3) is 5.48. The van der Waals surface area contributed by atoms with E-state index in [0.717, 1.165) is 12.4 Å². The Bertz CT molecular complexity index is 1250. The van der Waals surface area contributed by atoms with Crippen LogP contribution in [-0.4, -0.2) is 80.1 Å². The summed E-state index contributed by atoms with van der Waals surface area (Å²) in [7, 11) is 0. The van der Waals surface area contributed by atoms with Gasteiger partial charge in [0.2, 0.25) is 11.9 Å². The number of alkyl halides is 3. The summed E-state index contributed by atoms with van der Waals surface area (Å²) in [6, 6.07) is -0.118. The summed E-state index contributed by atoms with van der Waals surface area (Å²) in [5.41, 5.74) is 0.0648. The number of carbonyl (C=O) groups excluding carboxylic acids is 1. The van der Waals surface area contributed by atoms with E-state index < -0.39 is 11.7 Å². The first-order valence-corrected chi connectivity index (χ1v) is 11.6. The van der Waals surface area contributed by atoms with E-state index in [9.17, 15) is 22.8 Å². The first-order chi connectivity index (χ1) is 17.2. The summed E-state index contributed by atoms with van der Waals surface area (Å²) in [5.74, 6) is 0.148. The molecule has 3 aromatic rings. The zero-order valence-corrected chi connectivity index (χ0v) is 20.0. The molecule has 4 rings (SSSR count). The number of hydrogen-bond acceptors (Lipinski definition) is 8. The van der Waals surface area contributed by atoms with Crippen LogP contribution in [0.25, 0.3) is 10.9 Å². The average Bonchev–Trinajstić information content (AvgIpc) is 3.21. The lowest BCUT2D eigenvalue weighted by molar-refractivity contribution is -0.138. The van der Waals surface area contributed by atoms with E-state index in [2.05, 4.69) is 25.3 Å². The van der Waals surface area contributed by atoms with Gasteiger partial charge in [0.05, 0.1) is 54.0 Å². The molecule has 0 aliphatic carbocycles. The van der Waals surface area contributed by atoms with Crippen molar-refractivity contribution in [2.75, 3.05) is 44.3 Å². The predicted molar refractivity (Wildman–Crippen MR) is 123 cm³/mol. The van der Waals surface area contributed by atoms with Gasteiger partial charge < -0.3 is 14.5 Å². The lowest BCUT2D eigenvalue weighted by atomic mass is 10.2. The fourth-order valence-corrected chi connectivity index (χ4v) is 4.14. The number of aromatic amines is 1. The average molecular weight is 509 g/mol. The van der Waals surface area contributed by atoms with Crippen LogP contribution in [0.3, 0.4) is 0 Å². The number of amides is 1. The van der Waals surface area contributed by atoms with Gasteiger partial charge in [-0.3, -0.25) is 14.3 Å². The van der Waals surface area contributed by atoms with Crippen molar-refractivity contribution in [2.45, 2.75) is 38.9 Å². The first kappa shape index (κ1) is 25.5. The van der Waals surface area contributed by atoms with E-state index in [-0.39, 0.29) is 36.5 Å².